The van der Waals surface area contributed by atoms with Gasteiger partial charge in [0.15, 0.2) is 0 Å². The van der Waals surface area contributed by atoms with Gasteiger partial charge in [-0.25, -0.2) is 13.4 Å². The zero-order valence-electron chi connectivity index (χ0n) is 21.7. The average Bonchev–Trinajstić information content (AvgIpc) is 2.90. The number of fused-ring (bicyclic) bond motifs is 1. The van der Waals surface area contributed by atoms with Gasteiger partial charge >= 0.3 is 0 Å². The first-order valence-corrected chi connectivity index (χ1v) is 14.0. The molecule has 0 bridgehead atoms. The molecule has 7 nitrogen and oxygen atoms in total. The van der Waals surface area contributed by atoms with Crippen molar-refractivity contribution in [3.63, 3.8) is 0 Å². The van der Waals surface area contributed by atoms with Crippen molar-refractivity contribution in [2.45, 2.75) is 51.5 Å². The molecule has 194 valence electrons. The largest absolute Gasteiger partial charge is 0.494 e. The van der Waals surface area contributed by atoms with Crippen LogP contribution in [-0.2, 0) is 10.0 Å². The summed E-state index contributed by atoms with van der Waals surface area (Å²) in [6, 6.07) is 20.5. The Balaban J connectivity index is 1.91. The Morgan fingerprint density at radius 3 is 2.30 bits per heavy atom. The lowest BCUT2D eigenvalue weighted by atomic mass is 10.2. The van der Waals surface area contributed by atoms with E-state index in [1.165, 1.54) is 8.87 Å². The average molecular weight is 520 g/mol. The van der Waals surface area contributed by atoms with Crippen molar-refractivity contribution in [1.29, 1.82) is 0 Å². The molecule has 0 aliphatic rings. The van der Waals surface area contributed by atoms with E-state index in [-0.39, 0.29) is 10.5 Å². The molecule has 3 aromatic carbocycles. The molecule has 0 spiro atoms. The lowest BCUT2D eigenvalue weighted by Gasteiger charge is -2.30. The number of hydrogen-bond donors (Lipinski definition) is 0. The number of para-hydroxylation sites is 1. The van der Waals surface area contributed by atoms with Crippen LogP contribution >= 0.6 is 0 Å². The van der Waals surface area contributed by atoms with Gasteiger partial charge in [0.1, 0.15) is 11.6 Å². The third-order valence-electron chi connectivity index (χ3n) is 6.37. The van der Waals surface area contributed by atoms with Crippen molar-refractivity contribution in [2.24, 2.45) is 0 Å². The molecule has 0 aliphatic carbocycles. The highest BCUT2D eigenvalue weighted by Crippen LogP contribution is 2.29. The molecule has 0 saturated heterocycles. The van der Waals surface area contributed by atoms with Crippen molar-refractivity contribution in [2.75, 3.05) is 13.2 Å². The third-order valence-corrected chi connectivity index (χ3v) is 8.36. The second-order valence-corrected chi connectivity index (χ2v) is 10.9. The first-order chi connectivity index (χ1) is 17.8. The second-order valence-electron chi connectivity index (χ2n) is 9.01. The molecule has 4 aromatic rings. The predicted molar refractivity (Wildman–Crippen MR) is 147 cm³/mol. The van der Waals surface area contributed by atoms with Gasteiger partial charge in [0.2, 0.25) is 10.0 Å². The van der Waals surface area contributed by atoms with Gasteiger partial charge in [-0.05, 0) is 75.7 Å². The molecular weight excluding hydrogens is 486 g/mol. The molecule has 1 unspecified atom stereocenters. The maximum absolute atomic E-state index is 13.9. The number of unbranched alkanes of at least 4 members (excludes halogenated alkanes) is 1. The minimum absolute atomic E-state index is 0.219. The molecule has 0 saturated carbocycles. The van der Waals surface area contributed by atoms with E-state index >= 15 is 0 Å². The van der Waals surface area contributed by atoms with Gasteiger partial charge in [0, 0.05) is 6.54 Å². The molecule has 0 fully saturated rings. The predicted octanol–water partition coefficient (Wildman–Crippen LogP) is 5.64. The minimum Gasteiger partial charge on any atom is -0.494 e. The Morgan fingerprint density at radius 2 is 1.65 bits per heavy atom. The van der Waals surface area contributed by atoms with Gasteiger partial charge in [-0.1, -0.05) is 43.2 Å². The summed E-state index contributed by atoms with van der Waals surface area (Å²) < 4.78 is 36.3. The Bertz CT molecular complexity index is 1530. The van der Waals surface area contributed by atoms with E-state index in [1.54, 1.807) is 73.7 Å². The zero-order chi connectivity index (χ0) is 26.6. The molecule has 37 heavy (non-hydrogen) atoms. The van der Waals surface area contributed by atoms with E-state index in [2.05, 4.69) is 0 Å². The molecular formula is C29H33N3O4S. The summed E-state index contributed by atoms with van der Waals surface area (Å²) in [5.74, 6) is 1.05. The van der Waals surface area contributed by atoms with Crippen molar-refractivity contribution in [3.8, 4) is 11.4 Å². The summed E-state index contributed by atoms with van der Waals surface area (Å²) in [5.41, 5.74) is 1.85. The number of hydrogen-bond acceptors (Lipinski definition) is 5. The highest BCUT2D eigenvalue weighted by Gasteiger charge is 2.32. The molecule has 8 heteroatoms. The standard InChI is InChI=1S/C29H33N3O4S/c1-5-7-20-31(37(34,35)25-18-12-21(3)13-19-25)22(4)28-30-27-11-9-8-10-26(27)29(33)32(28)23-14-16-24(17-15-23)36-6-2/h8-19,22H,5-7,20H2,1-4H3. The maximum atomic E-state index is 13.9. The summed E-state index contributed by atoms with van der Waals surface area (Å²) in [5, 5.41) is 0.467. The summed E-state index contributed by atoms with van der Waals surface area (Å²) in [4.78, 5) is 18.8. The van der Waals surface area contributed by atoms with Crippen molar-refractivity contribution in [3.05, 3.63) is 94.5 Å². The van der Waals surface area contributed by atoms with Crippen LogP contribution in [0.5, 0.6) is 5.75 Å². The van der Waals surface area contributed by atoms with Crippen LogP contribution in [0.1, 0.15) is 51.0 Å². The molecule has 0 amide bonds. The van der Waals surface area contributed by atoms with Gasteiger partial charge in [-0.15, -0.1) is 0 Å². The zero-order valence-corrected chi connectivity index (χ0v) is 22.5. The van der Waals surface area contributed by atoms with E-state index in [4.69, 9.17) is 9.72 Å². The summed E-state index contributed by atoms with van der Waals surface area (Å²) in [7, 11) is -3.86. The van der Waals surface area contributed by atoms with Crippen LogP contribution in [0.15, 0.2) is 82.5 Å². The monoisotopic (exact) mass is 519 g/mol. The quantitative estimate of drug-likeness (QED) is 0.271. The number of ether oxygens (including phenoxy) is 1. The summed E-state index contributed by atoms with van der Waals surface area (Å²) in [6.07, 6.45) is 1.50. The lowest BCUT2D eigenvalue weighted by molar-refractivity contribution is 0.322. The summed E-state index contributed by atoms with van der Waals surface area (Å²) in [6.45, 7) is 8.48. The van der Waals surface area contributed by atoms with Crippen LogP contribution in [0, 0.1) is 6.92 Å². The normalized spacial score (nSPS) is 12.7. The Morgan fingerprint density at radius 1 is 0.973 bits per heavy atom. The molecule has 0 radical (unpaired) electrons. The molecule has 0 aliphatic heterocycles. The first-order valence-electron chi connectivity index (χ1n) is 12.6. The van der Waals surface area contributed by atoms with Crippen LogP contribution in [0.4, 0.5) is 0 Å². The van der Waals surface area contributed by atoms with Crippen LogP contribution in [0.25, 0.3) is 16.6 Å². The number of nitrogens with zero attached hydrogens (tertiary/aromatic N) is 3. The van der Waals surface area contributed by atoms with Crippen LogP contribution in [-0.4, -0.2) is 35.4 Å². The fourth-order valence-corrected chi connectivity index (χ4v) is 5.98. The van der Waals surface area contributed by atoms with Crippen molar-refractivity contribution >= 4 is 20.9 Å². The first kappa shape index (κ1) is 26.6. The van der Waals surface area contributed by atoms with E-state index in [0.717, 1.165) is 12.0 Å². The van der Waals surface area contributed by atoms with Gasteiger partial charge in [-0.3, -0.25) is 9.36 Å². The number of rotatable bonds is 10. The van der Waals surface area contributed by atoms with Crippen LogP contribution < -0.4 is 10.3 Å². The topological polar surface area (TPSA) is 81.5 Å². The highest BCUT2D eigenvalue weighted by atomic mass is 32.2. The van der Waals surface area contributed by atoms with Gasteiger partial charge in [0.25, 0.3) is 5.56 Å². The second kappa shape index (κ2) is 11.3. The van der Waals surface area contributed by atoms with Crippen molar-refractivity contribution in [1.82, 2.24) is 13.9 Å². The van der Waals surface area contributed by atoms with E-state index in [0.29, 0.717) is 47.7 Å². The van der Waals surface area contributed by atoms with Gasteiger partial charge in [-0.2, -0.15) is 4.31 Å². The SMILES string of the molecule is CCCCN(C(C)c1nc2ccccc2c(=O)n1-c1ccc(OCC)cc1)S(=O)(=O)c1ccc(C)cc1. The number of aryl methyl sites for hydroxylation is 1. The van der Waals surface area contributed by atoms with Crippen molar-refractivity contribution < 1.29 is 13.2 Å². The number of benzene rings is 3. The number of aromatic nitrogens is 2. The smallest absolute Gasteiger partial charge is 0.266 e. The Labute approximate surface area is 218 Å². The molecule has 1 aromatic heterocycles. The molecule has 1 heterocycles. The highest BCUT2D eigenvalue weighted by molar-refractivity contribution is 7.89. The molecule has 4 rings (SSSR count). The van der Waals surface area contributed by atoms with Crippen LogP contribution in [0.2, 0.25) is 0 Å². The Kier molecular flexibility index (Phi) is 8.10. The molecule has 1 atom stereocenters. The van der Waals surface area contributed by atoms with E-state index in [9.17, 15) is 13.2 Å². The van der Waals surface area contributed by atoms with Crippen LogP contribution in [0.3, 0.4) is 0 Å². The van der Waals surface area contributed by atoms with E-state index in [1.807, 2.05) is 26.8 Å². The fraction of sp³-hybridized carbons (Fsp3) is 0.310. The lowest BCUT2D eigenvalue weighted by Crippen LogP contribution is -2.38. The minimum atomic E-state index is -3.86. The molecule has 0 N–H and O–H groups in total. The van der Waals surface area contributed by atoms with E-state index < -0.39 is 16.1 Å². The Hall–Kier alpha value is -3.49. The number of sulfonamides is 1. The fourth-order valence-electron chi connectivity index (χ4n) is 4.35. The van der Waals surface area contributed by atoms with Gasteiger partial charge in [0.05, 0.1) is 34.1 Å². The maximum Gasteiger partial charge on any atom is 0.266 e. The third kappa shape index (κ3) is 5.45. The van der Waals surface area contributed by atoms with Gasteiger partial charge < -0.3 is 4.74 Å². The summed E-state index contributed by atoms with van der Waals surface area (Å²) >= 11 is 0.